The third kappa shape index (κ3) is 2.56. The van der Waals surface area contributed by atoms with Crippen molar-refractivity contribution in [1.82, 2.24) is 4.90 Å². The molecule has 1 aliphatic rings. The van der Waals surface area contributed by atoms with Crippen molar-refractivity contribution in [3.8, 4) is 11.5 Å². The number of carbonyl (C=O) groups is 1. The first-order valence-electron chi connectivity index (χ1n) is 6.03. The van der Waals surface area contributed by atoms with Crippen molar-refractivity contribution in [2.24, 2.45) is 5.73 Å². The molecule has 1 aromatic rings. The number of benzene rings is 1. The Balaban J connectivity index is 2.17. The van der Waals surface area contributed by atoms with E-state index >= 15 is 0 Å². The number of hydrogen-bond donors (Lipinski definition) is 2. The molecule has 0 saturated carbocycles. The maximum atomic E-state index is 12.2. The number of phenolic OH excluding ortho intramolecular Hbond substituents is 1. The third-order valence-corrected chi connectivity index (χ3v) is 3.18. The number of likely N-dealkylation sites (tertiary alicyclic amines) is 1. The number of carbonyl (C=O) groups excluding carboxylic acids is 1. The number of amides is 1. The molecule has 1 aliphatic heterocycles. The zero-order valence-electron chi connectivity index (χ0n) is 10.4. The quantitative estimate of drug-likeness (QED) is 0.820. The van der Waals surface area contributed by atoms with E-state index < -0.39 is 0 Å². The molecular weight excluding hydrogens is 232 g/mol. The van der Waals surface area contributed by atoms with E-state index in [0.717, 1.165) is 12.8 Å². The van der Waals surface area contributed by atoms with Crippen molar-refractivity contribution >= 4 is 5.91 Å². The number of methoxy groups -OCH3 is 1. The lowest BCUT2D eigenvalue weighted by atomic mass is 10.0. The molecule has 0 radical (unpaired) electrons. The van der Waals surface area contributed by atoms with Crippen LogP contribution in [-0.2, 0) is 0 Å². The first-order valence-corrected chi connectivity index (χ1v) is 6.03. The second-order valence-corrected chi connectivity index (χ2v) is 4.54. The predicted octanol–water partition coefficient (Wildman–Crippen LogP) is 0.964. The fourth-order valence-corrected chi connectivity index (χ4v) is 2.18. The summed E-state index contributed by atoms with van der Waals surface area (Å²) in [6.45, 7) is 1.24. The highest BCUT2D eigenvalue weighted by Gasteiger charge is 2.24. The minimum absolute atomic E-state index is 0.0306. The van der Waals surface area contributed by atoms with E-state index in [1.165, 1.54) is 13.2 Å². The average molecular weight is 250 g/mol. The summed E-state index contributed by atoms with van der Waals surface area (Å²) in [5, 5.41) is 9.83. The molecule has 5 nitrogen and oxygen atoms in total. The first kappa shape index (κ1) is 12.7. The standard InChI is InChI=1S/C13H18N2O3/c1-18-10-4-5-11(12(16)7-10)13(17)15-6-2-3-9(14)8-15/h4-5,7,9,16H,2-3,6,8,14H2,1H3. The Morgan fingerprint density at radius 1 is 1.56 bits per heavy atom. The molecule has 1 saturated heterocycles. The summed E-state index contributed by atoms with van der Waals surface area (Å²) in [6.07, 6.45) is 1.85. The number of nitrogens with two attached hydrogens (primary N) is 1. The number of hydrogen-bond acceptors (Lipinski definition) is 4. The molecule has 5 heteroatoms. The molecule has 1 unspecified atom stereocenters. The van der Waals surface area contributed by atoms with E-state index in [-0.39, 0.29) is 17.7 Å². The molecule has 98 valence electrons. The van der Waals surface area contributed by atoms with Crippen LogP contribution in [0.2, 0.25) is 0 Å². The maximum Gasteiger partial charge on any atom is 0.257 e. The van der Waals surface area contributed by atoms with Crippen LogP contribution in [0.4, 0.5) is 0 Å². The van der Waals surface area contributed by atoms with Crippen molar-refractivity contribution in [3.05, 3.63) is 23.8 Å². The van der Waals surface area contributed by atoms with Crippen LogP contribution in [-0.4, -0.2) is 42.2 Å². The number of rotatable bonds is 2. The molecule has 0 bridgehead atoms. The van der Waals surface area contributed by atoms with E-state index in [2.05, 4.69) is 0 Å². The molecule has 1 amide bonds. The summed E-state index contributed by atoms with van der Waals surface area (Å²) in [6, 6.07) is 4.72. The highest BCUT2D eigenvalue weighted by Crippen LogP contribution is 2.25. The Morgan fingerprint density at radius 2 is 2.33 bits per heavy atom. The molecule has 0 spiro atoms. The van der Waals surface area contributed by atoms with Gasteiger partial charge in [-0.25, -0.2) is 0 Å². The minimum Gasteiger partial charge on any atom is -0.507 e. The van der Waals surface area contributed by atoms with Crippen LogP contribution in [0, 0.1) is 0 Å². The summed E-state index contributed by atoms with van der Waals surface area (Å²) >= 11 is 0. The van der Waals surface area contributed by atoms with Crippen LogP contribution in [0.5, 0.6) is 11.5 Å². The number of ether oxygens (including phenoxy) is 1. The van der Waals surface area contributed by atoms with E-state index in [1.807, 2.05) is 0 Å². The Hall–Kier alpha value is -1.75. The maximum absolute atomic E-state index is 12.2. The van der Waals surface area contributed by atoms with Gasteiger partial charge in [0, 0.05) is 25.2 Å². The zero-order chi connectivity index (χ0) is 13.1. The molecule has 2 rings (SSSR count). The summed E-state index contributed by atoms with van der Waals surface area (Å²) in [5.41, 5.74) is 6.14. The van der Waals surface area contributed by atoms with Crippen LogP contribution in [0.15, 0.2) is 18.2 Å². The molecule has 1 atom stereocenters. The van der Waals surface area contributed by atoms with Gasteiger partial charge in [-0.15, -0.1) is 0 Å². The van der Waals surface area contributed by atoms with Gasteiger partial charge in [0.05, 0.1) is 12.7 Å². The van der Waals surface area contributed by atoms with Crippen LogP contribution in [0.1, 0.15) is 23.2 Å². The van der Waals surface area contributed by atoms with Crippen LogP contribution >= 0.6 is 0 Å². The zero-order valence-corrected chi connectivity index (χ0v) is 10.4. The van der Waals surface area contributed by atoms with Crippen LogP contribution < -0.4 is 10.5 Å². The minimum atomic E-state index is -0.176. The van der Waals surface area contributed by atoms with Gasteiger partial charge in [-0.05, 0) is 25.0 Å². The average Bonchev–Trinajstić information content (AvgIpc) is 2.37. The van der Waals surface area contributed by atoms with Gasteiger partial charge in [0.15, 0.2) is 0 Å². The number of nitrogens with zero attached hydrogens (tertiary/aromatic N) is 1. The molecule has 1 aromatic carbocycles. The fourth-order valence-electron chi connectivity index (χ4n) is 2.18. The van der Waals surface area contributed by atoms with E-state index in [0.29, 0.717) is 24.4 Å². The summed E-state index contributed by atoms with van der Waals surface area (Å²) in [7, 11) is 1.51. The van der Waals surface area contributed by atoms with E-state index in [4.69, 9.17) is 10.5 Å². The lowest BCUT2D eigenvalue weighted by Crippen LogP contribution is -2.45. The predicted molar refractivity (Wildman–Crippen MR) is 67.8 cm³/mol. The second kappa shape index (κ2) is 5.27. The Labute approximate surface area is 106 Å². The molecule has 1 heterocycles. The number of piperidine rings is 1. The summed E-state index contributed by atoms with van der Waals surface area (Å²) in [5.74, 6) is 0.295. The third-order valence-electron chi connectivity index (χ3n) is 3.18. The highest BCUT2D eigenvalue weighted by atomic mass is 16.5. The Morgan fingerprint density at radius 3 is 2.94 bits per heavy atom. The van der Waals surface area contributed by atoms with Gasteiger partial charge in [0.25, 0.3) is 5.91 Å². The van der Waals surface area contributed by atoms with Gasteiger partial charge in [0.2, 0.25) is 0 Å². The molecule has 0 aromatic heterocycles. The van der Waals surface area contributed by atoms with Crippen LogP contribution in [0.3, 0.4) is 0 Å². The fraction of sp³-hybridized carbons (Fsp3) is 0.462. The lowest BCUT2D eigenvalue weighted by Gasteiger charge is -2.31. The van der Waals surface area contributed by atoms with Gasteiger partial charge >= 0.3 is 0 Å². The molecule has 3 N–H and O–H groups in total. The van der Waals surface area contributed by atoms with Gasteiger partial charge in [-0.3, -0.25) is 4.79 Å². The second-order valence-electron chi connectivity index (χ2n) is 4.54. The van der Waals surface area contributed by atoms with Crippen molar-refractivity contribution in [2.75, 3.05) is 20.2 Å². The van der Waals surface area contributed by atoms with Gasteiger partial charge in [-0.1, -0.05) is 0 Å². The van der Waals surface area contributed by atoms with Crippen molar-refractivity contribution in [3.63, 3.8) is 0 Å². The van der Waals surface area contributed by atoms with Crippen molar-refractivity contribution in [2.45, 2.75) is 18.9 Å². The normalized spacial score (nSPS) is 19.7. The van der Waals surface area contributed by atoms with Gasteiger partial charge in [0.1, 0.15) is 11.5 Å². The smallest absolute Gasteiger partial charge is 0.257 e. The van der Waals surface area contributed by atoms with Gasteiger partial charge in [-0.2, -0.15) is 0 Å². The molecule has 1 fully saturated rings. The SMILES string of the molecule is COc1ccc(C(=O)N2CCCC(N)C2)c(O)c1. The van der Waals surface area contributed by atoms with E-state index in [1.54, 1.807) is 17.0 Å². The highest BCUT2D eigenvalue weighted by molar-refractivity contribution is 5.97. The molecule has 18 heavy (non-hydrogen) atoms. The first-order chi connectivity index (χ1) is 8.61. The molecular formula is C13H18N2O3. The largest absolute Gasteiger partial charge is 0.507 e. The summed E-state index contributed by atoms with van der Waals surface area (Å²) in [4.78, 5) is 13.9. The lowest BCUT2D eigenvalue weighted by molar-refractivity contribution is 0.0705. The number of phenols is 1. The molecule has 0 aliphatic carbocycles. The van der Waals surface area contributed by atoms with E-state index in [9.17, 15) is 9.90 Å². The summed E-state index contributed by atoms with van der Waals surface area (Å²) < 4.78 is 4.99. The number of aromatic hydroxyl groups is 1. The van der Waals surface area contributed by atoms with Crippen LogP contribution in [0.25, 0.3) is 0 Å². The Kier molecular flexibility index (Phi) is 3.72. The topological polar surface area (TPSA) is 75.8 Å². The van der Waals surface area contributed by atoms with Crippen molar-refractivity contribution < 1.29 is 14.6 Å². The Bertz CT molecular complexity index is 448. The van der Waals surface area contributed by atoms with Gasteiger partial charge < -0.3 is 20.5 Å². The monoisotopic (exact) mass is 250 g/mol. The van der Waals surface area contributed by atoms with Crippen molar-refractivity contribution in [1.29, 1.82) is 0 Å².